The van der Waals surface area contributed by atoms with Gasteiger partial charge in [0.25, 0.3) is 6.43 Å². The van der Waals surface area contributed by atoms with Crippen LogP contribution in [0.15, 0.2) is 24.3 Å². The Morgan fingerprint density at radius 2 is 1.79 bits per heavy atom. The molecule has 2 N–H and O–H groups in total. The van der Waals surface area contributed by atoms with E-state index in [9.17, 15) is 13.6 Å². The quantitative estimate of drug-likeness (QED) is 0.402. The van der Waals surface area contributed by atoms with E-state index in [0.29, 0.717) is 68.0 Å². The monoisotopic (exact) mass is 542 g/mol. The lowest BCUT2D eigenvalue weighted by molar-refractivity contribution is -0.121. The van der Waals surface area contributed by atoms with Crippen molar-refractivity contribution in [1.82, 2.24) is 35.1 Å². The Morgan fingerprint density at radius 1 is 1.05 bits per heavy atom. The largest absolute Gasteiger partial charge is 0.378 e. The number of hydrogen-bond donors (Lipinski definition) is 2. The van der Waals surface area contributed by atoms with Crippen LogP contribution in [0.2, 0.25) is 0 Å². The Hall–Kier alpha value is -3.25. The molecule has 0 radical (unpaired) electrons. The molecule has 2 aliphatic rings. The summed E-state index contributed by atoms with van der Waals surface area (Å²) in [5, 5.41) is 5.99. The summed E-state index contributed by atoms with van der Waals surface area (Å²) in [7, 11) is 1.77. The molecule has 0 atom stereocenters. The van der Waals surface area contributed by atoms with Gasteiger partial charge in [0, 0.05) is 25.6 Å². The number of ether oxygens (including phenoxy) is 1. The molecule has 0 bridgehead atoms. The number of fused-ring (bicyclic) bond motifs is 1. The van der Waals surface area contributed by atoms with Crippen LogP contribution in [0.1, 0.15) is 56.6 Å². The number of aryl methyl sites for hydroxylation is 1. The number of carbonyl (C=O) groups is 1. The van der Waals surface area contributed by atoms with E-state index in [1.165, 1.54) is 4.57 Å². The number of nitrogens with zero attached hydrogens (tertiary/aromatic N) is 6. The van der Waals surface area contributed by atoms with Crippen molar-refractivity contribution in [3.63, 3.8) is 0 Å². The molecule has 0 unspecified atom stereocenters. The number of para-hydroxylation sites is 2. The normalized spacial score (nSPS) is 20.1. The predicted octanol–water partition coefficient (Wildman–Crippen LogP) is 3.20. The van der Waals surface area contributed by atoms with Gasteiger partial charge in [-0.1, -0.05) is 18.6 Å². The van der Waals surface area contributed by atoms with Crippen molar-refractivity contribution in [3.8, 4) is 5.95 Å². The van der Waals surface area contributed by atoms with Crippen molar-refractivity contribution in [2.45, 2.75) is 57.4 Å². The van der Waals surface area contributed by atoms with Crippen molar-refractivity contribution >= 4 is 22.9 Å². The Morgan fingerprint density at radius 3 is 2.54 bits per heavy atom. The molecule has 0 spiro atoms. The average Bonchev–Trinajstić information content (AvgIpc) is 3.35. The zero-order valence-electron chi connectivity index (χ0n) is 22.3. The minimum absolute atomic E-state index is 0.0448. The van der Waals surface area contributed by atoms with E-state index in [1.807, 2.05) is 4.90 Å². The molecule has 12 heteroatoms. The third-order valence-corrected chi connectivity index (χ3v) is 7.50. The molecule has 5 rings (SSSR count). The van der Waals surface area contributed by atoms with Gasteiger partial charge in [-0.2, -0.15) is 15.0 Å². The molecular weight excluding hydrogens is 506 g/mol. The van der Waals surface area contributed by atoms with E-state index in [0.717, 1.165) is 38.5 Å². The molecule has 1 aromatic carbocycles. The van der Waals surface area contributed by atoms with Gasteiger partial charge in [0.1, 0.15) is 5.82 Å². The van der Waals surface area contributed by atoms with Crippen LogP contribution in [0.25, 0.3) is 17.0 Å². The van der Waals surface area contributed by atoms with Crippen LogP contribution in [0, 0.1) is 5.92 Å². The number of alkyl halides is 2. The number of rotatable bonds is 10. The first-order valence-electron chi connectivity index (χ1n) is 13.8. The minimum atomic E-state index is -2.78. The van der Waals surface area contributed by atoms with E-state index in [2.05, 4.69) is 25.6 Å². The fourth-order valence-electron chi connectivity index (χ4n) is 5.50. The van der Waals surface area contributed by atoms with E-state index in [1.54, 1.807) is 31.3 Å². The SMILES string of the molecule is CNCC(=O)NC1CCC(CCCc2nc(N3CCOCC3)nc(-n3c(C(F)F)nc4ccccc43)n2)CC1. The van der Waals surface area contributed by atoms with Gasteiger partial charge in [-0.05, 0) is 57.2 Å². The number of morpholine rings is 1. The highest BCUT2D eigenvalue weighted by atomic mass is 19.3. The predicted molar refractivity (Wildman–Crippen MR) is 143 cm³/mol. The Labute approximate surface area is 226 Å². The number of anilines is 1. The molecule has 10 nitrogen and oxygen atoms in total. The fraction of sp³-hybridized carbons (Fsp3) is 0.593. The summed E-state index contributed by atoms with van der Waals surface area (Å²) in [6, 6.07) is 7.28. The van der Waals surface area contributed by atoms with Gasteiger partial charge in [-0.15, -0.1) is 0 Å². The number of halogens is 2. The zero-order valence-corrected chi connectivity index (χ0v) is 22.3. The topological polar surface area (TPSA) is 110 Å². The number of likely N-dealkylation sites (N-methyl/N-ethyl adjacent to an activating group) is 1. The summed E-state index contributed by atoms with van der Waals surface area (Å²) < 4.78 is 34.9. The lowest BCUT2D eigenvalue weighted by Crippen LogP contribution is -2.41. The summed E-state index contributed by atoms with van der Waals surface area (Å²) in [4.78, 5) is 32.1. The second-order valence-corrected chi connectivity index (χ2v) is 10.3. The molecule has 1 aliphatic heterocycles. The van der Waals surface area contributed by atoms with Crippen molar-refractivity contribution in [2.75, 3.05) is 44.8 Å². The number of amides is 1. The third-order valence-electron chi connectivity index (χ3n) is 7.50. The molecule has 1 saturated carbocycles. The van der Waals surface area contributed by atoms with Gasteiger partial charge in [0.15, 0.2) is 5.82 Å². The van der Waals surface area contributed by atoms with E-state index in [-0.39, 0.29) is 23.7 Å². The van der Waals surface area contributed by atoms with Crippen LogP contribution in [0.5, 0.6) is 0 Å². The number of imidazole rings is 1. The molecule has 210 valence electrons. The van der Waals surface area contributed by atoms with Gasteiger partial charge in [-0.25, -0.2) is 13.8 Å². The third kappa shape index (κ3) is 6.67. The summed E-state index contributed by atoms with van der Waals surface area (Å²) in [5.41, 5.74) is 1.01. The van der Waals surface area contributed by atoms with Gasteiger partial charge in [0.05, 0.1) is 30.8 Å². The number of aromatic nitrogens is 5. The molecule has 1 amide bonds. The summed E-state index contributed by atoms with van der Waals surface area (Å²) in [6.07, 6.45) is 3.89. The number of nitrogens with one attached hydrogen (secondary N) is 2. The van der Waals surface area contributed by atoms with Gasteiger partial charge >= 0.3 is 0 Å². The molecule has 1 saturated heterocycles. The molecule has 2 fully saturated rings. The summed E-state index contributed by atoms with van der Waals surface area (Å²) in [5.74, 6) is 1.50. The summed E-state index contributed by atoms with van der Waals surface area (Å²) in [6.45, 7) is 2.72. The van der Waals surface area contributed by atoms with Crippen LogP contribution in [-0.2, 0) is 16.0 Å². The maximum absolute atomic E-state index is 14.0. The second-order valence-electron chi connectivity index (χ2n) is 10.3. The van der Waals surface area contributed by atoms with Crippen LogP contribution in [-0.4, -0.2) is 76.3 Å². The lowest BCUT2D eigenvalue weighted by atomic mass is 9.83. The van der Waals surface area contributed by atoms with Crippen molar-refractivity contribution < 1.29 is 18.3 Å². The Kier molecular flexibility index (Phi) is 8.92. The standard InChI is InChI=1S/C27H36F2N8O2/c1-30-17-23(38)31-19-11-9-18(10-12-19)5-4-8-22-33-26(36-13-15-39-16-14-36)35-27(34-22)37-21-7-3-2-6-20(21)32-25(37)24(28)29/h2-3,6-7,18-19,24,30H,4-5,8-17H2,1H3,(H,31,38). The average molecular weight is 543 g/mol. The van der Waals surface area contributed by atoms with Crippen LogP contribution in [0.4, 0.5) is 14.7 Å². The van der Waals surface area contributed by atoms with E-state index in [4.69, 9.17) is 9.72 Å². The summed E-state index contributed by atoms with van der Waals surface area (Å²) >= 11 is 0. The van der Waals surface area contributed by atoms with Crippen molar-refractivity contribution in [1.29, 1.82) is 0 Å². The Bertz CT molecular complexity index is 1260. The number of benzene rings is 1. The maximum atomic E-state index is 14.0. The number of hydrogen-bond acceptors (Lipinski definition) is 8. The van der Waals surface area contributed by atoms with E-state index >= 15 is 0 Å². The highest BCUT2D eigenvalue weighted by molar-refractivity contribution is 5.78. The fourth-order valence-corrected chi connectivity index (χ4v) is 5.50. The van der Waals surface area contributed by atoms with Gasteiger partial charge < -0.3 is 20.3 Å². The van der Waals surface area contributed by atoms with Crippen LogP contribution >= 0.6 is 0 Å². The molecular formula is C27H36F2N8O2. The smallest absolute Gasteiger partial charge is 0.296 e. The first-order chi connectivity index (χ1) is 19.0. The van der Waals surface area contributed by atoms with E-state index < -0.39 is 6.43 Å². The molecule has 3 aromatic rings. The first kappa shape index (κ1) is 27.3. The molecule has 39 heavy (non-hydrogen) atoms. The highest BCUT2D eigenvalue weighted by Crippen LogP contribution is 2.29. The zero-order chi connectivity index (χ0) is 27.2. The van der Waals surface area contributed by atoms with Crippen LogP contribution in [0.3, 0.4) is 0 Å². The van der Waals surface area contributed by atoms with Crippen molar-refractivity contribution in [2.24, 2.45) is 5.92 Å². The Balaban J connectivity index is 1.31. The second kappa shape index (κ2) is 12.7. The molecule has 3 heterocycles. The maximum Gasteiger partial charge on any atom is 0.296 e. The van der Waals surface area contributed by atoms with Crippen molar-refractivity contribution in [3.05, 3.63) is 35.9 Å². The van der Waals surface area contributed by atoms with Gasteiger partial charge in [0.2, 0.25) is 17.8 Å². The molecule has 1 aliphatic carbocycles. The van der Waals surface area contributed by atoms with Gasteiger partial charge in [-0.3, -0.25) is 9.36 Å². The molecule has 2 aromatic heterocycles. The minimum Gasteiger partial charge on any atom is -0.378 e. The van der Waals surface area contributed by atoms with Crippen LogP contribution < -0.4 is 15.5 Å². The highest BCUT2D eigenvalue weighted by Gasteiger charge is 2.25. The number of carbonyl (C=O) groups excluding carboxylic acids is 1. The lowest BCUT2D eigenvalue weighted by Gasteiger charge is -2.29. The first-order valence-corrected chi connectivity index (χ1v) is 13.8.